The summed E-state index contributed by atoms with van der Waals surface area (Å²) in [4.78, 5) is 26.1. The molecule has 1 saturated carbocycles. The summed E-state index contributed by atoms with van der Waals surface area (Å²) >= 11 is 0. The lowest BCUT2D eigenvalue weighted by atomic mass is 9.80. The molecule has 2 heterocycles. The van der Waals surface area contributed by atoms with Gasteiger partial charge in [0.15, 0.2) is 16.9 Å². The predicted octanol–water partition coefficient (Wildman–Crippen LogP) is 0.861. The second kappa shape index (κ2) is 16.9. The van der Waals surface area contributed by atoms with Gasteiger partial charge in [-0.05, 0) is 54.5 Å². The first-order chi connectivity index (χ1) is 26.8. The molecule has 0 bridgehead atoms. The summed E-state index contributed by atoms with van der Waals surface area (Å²) in [6.45, 7) is -1.24. The largest absolute Gasteiger partial charge is 0.508 e. The molecule has 17 nitrogen and oxygen atoms in total. The van der Waals surface area contributed by atoms with Gasteiger partial charge < -0.3 is 74.1 Å². The number of aliphatic hydroxyl groups excluding tert-OH is 6. The molecule has 1 aliphatic heterocycles. The first kappa shape index (κ1) is 40.4. The minimum Gasteiger partial charge on any atom is -0.508 e. The van der Waals surface area contributed by atoms with Gasteiger partial charge in [0, 0.05) is 29.7 Å². The number of esters is 1. The molecule has 56 heavy (non-hydrogen) atoms. The number of carbonyl (C=O) groups excluding carboxylic acids is 1. The molecule has 0 spiro atoms. The Hall–Kier alpha value is -5.24. The third-order valence-electron chi connectivity index (χ3n) is 10.0. The van der Waals surface area contributed by atoms with Crippen molar-refractivity contribution in [3.63, 3.8) is 0 Å². The maximum absolute atomic E-state index is 13.5. The van der Waals surface area contributed by atoms with Crippen LogP contribution in [0.5, 0.6) is 28.7 Å². The first-order valence-electron chi connectivity index (χ1n) is 17.5. The van der Waals surface area contributed by atoms with E-state index in [-0.39, 0.29) is 51.7 Å². The average Bonchev–Trinajstić information content (AvgIpc) is 3.19. The van der Waals surface area contributed by atoms with Gasteiger partial charge in [0.2, 0.25) is 0 Å². The van der Waals surface area contributed by atoms with Crippen molar-refractivity contribution in [2.45, 2.75) is 61.4 Å². The SMILES string of the molecule is COc1cc(C=CC(=O)OCC2CC(OC3C(c4c(OC)cc5oc(-c6ccc(O)cc6)cc(=O)c5c4O)OC(CO)C(O)C3O)C(O)C(O)C2O)ccc1O. The maximum Gasteiger partial charge on any atom is 0.330 e. The van der Waals surface area contributed by atoms with E-state index in [2.05, 4.69) is 0 Å². The average molecular weight is 783 g/mol. The summed E-state index contributed by atoms with van der Waals surface area (Å²) in [7, 11) is 2.61. The van der Waals surface area contributed by atoms with Gasteiger partial charge >= 0.3 is 5.97 Å². The van der Waals surface area contributed by atoms with Crippen LogP contribution in [-0.2, 0) is 19.0 Å². The molecule has 1 aliphatic carbocycles. The summed E-state index contributed by atoms with van der Waals surface area (Å²) in [6, 6.07) is 12.6. The molecule has 10 unspecified atom stereocenters. The molecule has 0 amide bonds. The molecule has 300 valence electrons. The molecular weight excluding hydrogens is 740 g/mol. The van der Waals surface area contributed by atoms with Crippen LogP contribution in [0.15, 0.2) is 69.9 Å². The zero-order valence-corrected chi connectivity index (χ0v) is 30.0. The lowest BCUT2D eigenvalue weighted by Crippen LogP contribution is -2.60. The van der Waals surface area contributed by atoms with E-state index in [0.717, 1.165) is 12.1 Å². The van der Waals surface area contributed by atoms with Crippen LogP contribution in [0.25, 0.3) is 28.4 Å². The minimum atomic E-state index is -1.87. The molecule has 1 aromatic heterocycles. The number of hydrogen-bond donors (Lipinski definition) is 9. The van der Waals surface area contributed by atoms with E-state index in [1.54, 1.807) is 0 Å². The molecule has 4 aromatic rings. The van der Waals surface area contributed by atoms with Crippen LogP contribution in [0, 0.1) is 5.92 Å². The topological polar surface area (TPSA) is 275 Å². The maximum atomic E-state index is 13.5. The number of fused-ring (bicyclic) bond motifs is 1. The fourth-order valence-corrected chi connectivity index (χ4v) is 6.96. The molecule has 9 N–H and O–H groups in total. The van der Waals surface area contributed by atoms with E-state index in [0.29, 0.717) is 11.1 Å². The van der Waals surface area contributed by atoms with E-state index >= 15 is 0 Å². The van der Waals surface area contributed by atoms with Gasteiger partial charge in [-0.1, -0.05) is 6.07 Å². The minimum absolute atomic E-state index is 0.0125. The summed E-state index contributed by atoms with van der Waals surface area (Å²) in [5, 5.41) is 95.8. The van der Waals surface area contributed by atoms with Crippen LogP contribution in [0.3, 0.4) is 0 Å². The Morgan fingerprint density at radius 2 is 1.57 bits per heavy atom. The number of hydrogen-bond acceptors (Lipinski definition) is 17. The quantitative estimate of drug-likeness (QED) is 0.0754. The number of aromatic hydroxyl groups is 3. The van der Waals surface area contributed by atoms with Crippen LogP contribution >= 0.6 is 0 Å². The van der Waals surface area contributed by atoms with Crippen LogP contribution in [0.1, 0.15) is 23.7 Å². The summed E-state index contributed by atoms with van der Waals surface area (Å²) in [6.07, 6.45) is -12.7. The van der Waals surface area contributed by atoms with Crippen LogP contribution in [-0.4, -0.2) is 128 Å². The summed E-state index contributed by atoms with van der Waals surface area (Å²) in [5.41, 5.74) is -0.106. The standard InChI is InChI=1S/C39H42O17/c1-51-24-11-17(3-9-21(24)42)4-10-29(44)53-16-19-12-27(33(46)36(49)32(19)45)55-39-37(50)34(47)28(15-40)56-38(39)31-25(52-2)14-26-30(35(31)48)22(43)13-23(54-26)18-5-7-20(41)8-6-18/h3-11,13-14,19,27-28,32-34,36-42,45-50H,12,15-16H2,1-2H3. The molecule has 1 saturated heterocycles. The Kier molecular flexibility index (Phi) is 12.2. The molecule has 10 atom stereocenters. The predicted molar refractivity (Wildman–Crippen MR) is 194 cm³/mol. The van der Waals surface area contributed by atoms with E-state index in [4.69, 9.17) is 28.1 Å². The Morgan fingerprint density at radius 1 is 0.857 bits per heavy atom. The second-order valence-electron chi connectivity index (χ2n) is 13.5. The van der Waals surface area contributed by atoms with E-state index in [1.807, 2.05) is 0 Å². The third kappa shape index (κ3) is 8.02. The smallest absolute Gasteiger partial charge is 0.330 e. The van der Waals surface area contributed by atoms with Crippen molar-refractivity contribution in [1.29, 1.82) is 0 Å². The Balaban J connectivity index is 1.28. The number of aliphatic hydroxyl groups is 6. The summed E-state index contributed by atoms with van der Waals surface area (Å²) in [5.74, 6) is -2.49. The highest BCUT2D eigenvalue weighted by atomic mass is 16.6. The van der Waals surface area contributed by atoms with Gasteiger partial charge in [0.25, 0.3) is 0 Å². The van der Waals surface area contributed by atoms with Gasteiger partial charge in [-0.3, -0.25) is 4.79 Å². The lowest BCUT2D eigenvalue weighted by molar-refractivity contribution is -0.274. The fourth-order valence-electron chi connectivity index (χ4n) is 6.96. The van der Waals surface area contributed by atoms with Gasteiger partial charge in [0.05, 0.1) is 45.2 Å². The van der Waals surface area contributed by atoms with Crippen molar-refractivity contribution in [3.05, 3.63) is 82.0 Å². The normalized spacial score (nSPS) is 28.0. The Labute approximate surface area is 318 Å². The number of methoxy groups -OCH3 is 2. The fraction of sp³-hybridized carbons (Fsp3) is 0.385. The molecule has 6 rings (SSSR count). The Morgan fingerprint density at radius 3 is 2.25 bits per heavy atom. The van der Waals surface area contributed by atoms with Crippen LogP contribution in [0.4, 0.5) is 0 Å². The zero-order valence-electron chi connectivity index (χ0n) is 30.0. The second-order valence-corrected chi connectivity index (χ2v) is 13.5. The van der Waals surface area contributed by atoms with Crippen LogP contribution < -0.4 is 14.9 Å². The molecule has 3 aromatic carbocycles. The summed E-state index contributed by atoms with van der Waals surface area (Å²) < 4.78 is 34.0. The highest BCUT2D eigenvalue weighted by Gasteiger charge is 2.51. The highest BCUT2D eigenvalue weighted by molar-refractivity contribution is 5.88. The monoisotopic (exact) mass is 782 g/mol. The van der Waals surface area contributed by atoms with Crippen molar-refractivity contribution in [1.82, 2.24) is 0 Å². The van der Waals surface area contributed by atoms with E-state index in [1.165, 1.54) is 68.8 Å². The van der Waals surface area contributed by atoms with E-state index in [9.17, 15) is 55.5 Å². The number of ether oxygens (including phenoxy) is 5. The van der Waals surface area contributed by atoms with Gasteiger partial charge in [0.1, 0.15) is 76.7 Å². The van der Waals surface area contributed by atoms with Gasteiger partial charge in [-0.15, -0.1) is 0 Å². The first-order valence-corrected chi connectivity index (χ1v) is 17.5. The molecule has 17 heteroatoms. The lowest BCUT2D eigenvalue weighted by Gasteiger charge is -2.46. The van der Waals surface area contributed by atoms with Crippen molar-refractivity contribution >= 4 is 23.0 Å². The van der Waals surface area contributed by atoms with Crippen molar-refractivity contribution in [2.24, 2.45) is 5.92 Å². The number of benzene rings is 3. The number of phenols is 3. The van der Waals surface area contributed by atoms with E-state index < -0.39 is 91.2 Å². The van der Waals surface area contributed by atoms with Gasteiger partial charge in [-0.2, -0.15) is 0 Å². The molecular formula is C39H42O17. The van der Waals surface area contributed by atoms with Crippen molar-refractivity contribution in [3.8, 4) is 40.1 Å². The Bertz CT molecular complexity index is 2110. The van der Waals surface area contributed by atoms with Crippen molar-refractivity contribution in [2.75, 3.05) is 27.4 Å². The number of rotatable bonds is 11. The number of carbonyl (C=O) groups is 1. The van der Waals surface area contributed by atoms with Crippen molar-refractivity contribution < 1.29 is 78.9 Å². The molecule has 2 fully saturated rings. The molecule has 0 radical (unpaired) electrons. The number of phenolic OH excluding ortho intramolecular Hbond substituents is 3. The van der Waals surface area contributed by atoms with Gasteiger partial charge in [-0.25, -0.2) is 4.79 Å². The highest BCUT2D eigenvalue weighted by Crippen LogP contribution is 2.47. The molecule has 2 aliphatic rings. The zero-order chi connectivity index (χ0) is 40.4. The third-order valence-corrected chi connectivity index (χ3v) is 10.0. The van der Waals surface area contributed by atoms with Crippen LogP contribution in [0.2, 0.25) is 0 Å².